The van der Waals surface area contributed by atoms with Gasteiger partial charge in [-0.1, -0.05) is 35.9 Å². The number of aryl methyl sites for hydroxylation is 2. The lowest BCUT2D eigenvalue weighted by Crippen LogP contribution is -2.02. The molecule has 0 aliphatic carbocycles. The lowest BCUT2D eigenvalue weighted by molar-refractivity contribution is 0.178. The van der Waals surface area contributed by atoms with Crippen LogP contribution in [-0.4, -0.2) is 10.1 Å². The Hall–Kier alpha value is -1.67. The quantitative estimate of drug-likeness (QED) is 0.874. The minimum atomic E-state index is -0.482. The van der Waals surface area contributed by atoms with Crippen molar-refractivity contribution in [3.8, 4) is 0 Å². The van der Waals surface area contributed by atoms with Crippen molar-refractivity contribution in [1.29, 1.82) is 0 Å². The van der Waals surface area contributed by atoms with Crippen LogP contribution >= 0.6 is 0 Å². The van der Waals surface area contributed by atoms with Crippen LogP contribution in [0.25, 0.3) is 0 Å². The number of hydrogen-bond donors (Lipinski definition) is 1. The van der Waals surface area contributed by atoms with Gasteiger partial charge in [0.2, 0.25) is 0 Å². The van der Waals surface area contributed by atoms with E-state index in [0.717, 1.165) is 16.7 Å². The fourth-order valence-electron chi connectivity index (χ4n) is 1.94. The number of nitrogens with zero attached hydrogens (tertiary/aromatic N) is 1. The highest BCUT2D eigenvalue weighted by atomic mass is 16.3. The Morgan fingerprint density at radius 3 is 2.65 bits per heavy atom. The van der Waals surface area contributed by atoms with Gasteiger partial charge in [-0.15, -0.1) is 0 Å². The molecule has 1 aromatic carbocycles. The molecular formula is C15H17NO. The van der Waals surface area contributed by atoms with Gasteiger partial charge in [0.05, 0.1) is 6.10 Å². The molecule has 0 saturated heterocycles. The first-order valence-corrected chi connectivity index (χ1v) is 5.80. The lowest BCUT2D eigenvalue weighted by atomic mass is 10.0. The maximum Gasteiger partial charge on any atom is 0.0845 e. The first kappa shape index (κ1) is 11.8. The van der Waals surface area contributed by atoms with Crippen LogP contribution in [0.4, 0.5) is 0 Å². The van der Waals surface area contributed by atoms with Crippen LogP contribution in [0.3, 0.4) is 0 Å². The van der Waals surface area contributed by atoms with Crippen molar-refractivity contribution in [3.05, 3.63) is 65.0 Å². The predicted octanol–water partition coefficient (Wildman–Crippen LogP) is 2.97. The molecule has 1 unspecified atom stereocenters. The van der Waals surface area contributed by atoms with Crippen molar-refractivity contribution in [1.82, 2.24) is 4.98 Å². The monoisotopic (exact) mass is 227 g/mol. The number of hydrogen-bond acceptors (Lipinski definition) is 2. The van der Waals surface area contributed by atoms with Gasteiger partial charge in [0.15, 0.2) is 0 Å². The molecule has 1 heterocycles. The Labute approximate surface area is 102 Å². The van der Waals surface area contributed by atoms with Gasteiger partial charge in [-0.3, -0.25) is 4.98 Å². The van der Waals surface area contributed by atoms with Crippen LogP contribution in [0.15, 0.2) is 42.7 Å². The van der Waals surface area contributed by atoms with Gasteiger partial charge in [0, 0.05) is 18.8 Å². The summed E-state index contributed by atoms with van der Waals surface area (Å²) in [6.45, 7) is 4.04. The summed E-state index contributed by atoms with van der Waals surface area (Å²) in [4.78, 5) is 4.10. The Morgan fingerprint density at radius 2 is 1.94 bits per heavy atom. The van der Waals surface area contributed by atoms with Gasteiger partial charge in [0.25, 0.3) is 0 Å². The summed E-state index contributed by atoms with van der Waals surface area (Å²) in [5.74, 6) is 0. The average molecular weight is 227 g/mol. The molecule has 0 bridgehead atoms. The van der Waals surface area contributed by atoms with Gasteiger partial charge in [0.1, 0.15) is 0 Å². The topological polar surface area (TPSA) is 33.1 Å². The molecule has 2 rings (SSSR count). The number of aliphatic hydroxyl groups excluding tert-OH is 1. The van der Waals surface area contributed by atoms with Crippen molar-refractivity contribution in [3.63, 3.8) is 0 Å². The Bertz CT molecular complexity index is 508. The summed E-state index contributed by atoms with van der Waals surface area (Å²) >= 11 is 0. The van der Waals surface area contributed by atoms with E-state index in [0.29, 0.717) is 6.42 Å². The fraction of sp³-hybridized carbons (Fsp3) is 0.267. The van der Waals surface area contributed by atoms with Gasteiger partial charge in [-0.2, -0.15) is 0 Å². The van der Waals surface area contributed by atoms with E-state index in [1.165, 1.54) is 5.56 Å². The highest BCUT2D eigenvalue weighted by Crippen LogP contribution is 2.18. The van der Waals surface area contributed by atoms with E-state index in [-0.39, 0.29) is 0 Å². The van der Waals surface area contributed by atoms with Crippen LogP contribution in [0.2, 0.25) is 0 Å². The zero-order chi connectivity index (χ0) is 12.3. The molecule has 2 heteroatoms. The van der Waals surface area contributed by atoms with Crippen LogP contribution in [0, 0.1) is 13.8 Å². The standard InChI is InChI=1S/C15H17NO/c1-11-4-3-5-13(6-11)8-15(17)14-7-12(2)9-16-10-14/h3-7,9-10,15,17H,8H2,1-2H3. The van der Waals surface area contributed by atoms with Crippen LogP contribution in [-0.2, 0) is 6.42 Å². The van der Waals surface area contributed by atoms with Gasteiger partial charge in [-0.25, -0.2) is 0 Å². The normalized spacial score (nSPS) is 12.4. The third-order valence-electron chi connectivity index (χ3n) is 2.79. The molecule has 88 valence electrons. The largest absolute Gasteiger partial charge is 0.388 e. The molecule has 0 aliphatic heterocycles. The van der Waals surface area contributed by atoms with Crippen molar-refractivity contribution in [2.45, 2.75) is 26.4 Å². The predicted molar refractivity (Wildman–Crippen MR) is 68.8 cm³/mol. The molecule has 0 fully saturated rings. The number of rotatable bonds is 3. The van der Waals surface area contributed by atoms with Gasteiger partial charge in [-0.05, 0) is 30.5 Å². The molecule has 0 saturated carbocycles. The van der Waals surface area contributed by atoms with Gasteiger partial charge < -0.3 is 5.11 Å². The van der Waals surface area contributed by atoms with Gasteiger partial charge >= 0.3 is 0 Å². The third kappa shape index (κ3) is 3.14. The lowest BCUT2D eigenvalue weighted by Gasteiger charge is -2.11. The summed E-state index contributed by atoms with van der Waals surface area (Å²) in [6.07, 6.45) is 3.67. The Balaban J connectivity index is 2.14. The highest BCUT2D eigenvalue weighted by molar-refractivity contribution is 5.25. The van der Waals surface area contributed by atoms with E-state index in [2.05, 4.69) is 24.0 Å². The minimum Gasteiger partial charge on any atom is -0.388 e. The number of benzene rings is 1. The summed E-state index contributed by atoms with van der Waals surface area (Å²) < 4.78 is 0. The summed E-state index contributed by atoms with van der Waals surface area (Å²) in [5, 5.41) is 10.1. The van der Waals surface area contributed by atoms with E-state index >= 15 is 0 Å². The van der Waals surface area contributed by atoms with Crippen molar-refractivity contribution in [2.75, 3.05) is 0 Å². The molecule has 2 nitrogen and oxygen atoms in total. The SMILES string of the molecule is Cc1cccc(CC(O)c2cncc(C)c2)c1. The minimum absolute atomic E-state index is 0.482. The van der Waals surface area contributed by atoms with Crippen LogP contribution in [0.1, 0.15) is 28.4 Å². The molecule has 0 amide bonds. The summed E-state index contributed by atoms with van der Waals surface area (Å²) in [7, 11) is 0. The van der Waals surface area contributed by atoms with Crippen molar-refractivity contribution < 1.29 is 5.11 Å². The zero-order valence-electron chi connectivity index (χ0n) is 10.2. The first-order chi connectivity index (χ1) is 8.15. The first-order valence-electron chi connectivity index (χ1n) is 5.80. The Morgan fingerprint density at radius 1 is 1.12 bits per heavy atom. The Kier molecular flexibility index (Phi) is 3.55. The fourth-order valence-corrected chi connectivity index (χ4v) is 1.94. The second-order valence-electron chi connectivity index (χ2n) is 4.50. The molecule has 17 heavy (non-hydrogen) atoms. The highest BCUT2D eigenvalue weighted by Gasteiger charge is 2.09. The van der Waals surface area contributed by atoms with E-state index < -0.39 is 6.10 Å². The van der Waals surface area contributed by atoms with Crippen LogP contribution in [0.5, 0.6) is 0 Å². The second kappa shape index (κ2) is 5.11. The molecule has 2 aromatic rings. The summed E-state index contributed by atoms with van der Waals surface area (Å²) in [5.41, 5.74) is 4.33. The summed E-state index contributed by atoms with van der Waals surface area (Å²) in [6, 6.07) is 10.2. The van der Waals surface area contributed by atoms with E-state index in [4.69, 9.17) is 0 Å². The maximum absolute atomic E-state index is 10.1. The van der Waals surface area contributed by atoms with Crippen LogP contribution < -0.4 is 0 Å². The number of aromatic nitrogens is 1. The van der Waals surface area contributed by atoms with Crippen molar-refractivity contribution >= 4 is 0 Å². The molecular weight excluding hydrogens is 210 g/mol. The van der Waals surface area contributed by atoms with E-state index in [1.54, 1.807) is 12.4 Å². The molecule has 0 spiro atoms. The number of aliphatic hydroxyl groups is 1. The molecule has 0 radical (unpaired) electrons. The second-order valence-corrected chi connectivity index (χ2v) is 4.50. The number of pyridine rings is 1. The van der Waals surface area contributed by atoms with E-state index in [1.807, 2.05) is 25.1 Å². The zero-order valence-corrected chi connectivity index (χ0v) is 10.2. The van der Waals surface area contributed by atoms with E-state index in [9.17, 15) is 5.11 Å². The van der Waals surface area contributed by atoms with Crippen molar-refractivity contribution in [2.24, 2.45) is 0 Å². The third-order valence-corrected chi connectivity index (χ3v) is 2.79. The molecule has 1 N–H and O–H groups in total. The molecule has 1 aromatic heterocycles. The molecule has 0 aliphatic rings. The maximum atomic E-state index is 10.1. The average Bonchev–Trinajstić information content (AvgIpc) is 2.29. The molecule has 1 atom stereocenters. The smallest absolute Gasteiger partial charge is 0.0845 e.